The molecule has 1 aliphatic heterocycles. The molecule has 1 saturated heterocycles. The molecule has 2 heterocycles. The average Bonchev–Trinajstić information content (AvgIpc) is 3.30. The van der Waals surface area contributed by atoms with Crippen molar-refractivity contribution >= 4 is 34.8 Å². The molecular formula is C24H21N5O4S. The van der Waals surface area contributed by atoms with Crippen molar-refractivity contribution in [2.45, 2.75) is 13.1 Å². The topological polar surface area (TPSA) is 109 Å². The smallest absolute Gasteiger partial charge is 0.359 e. The van der Waals surface area contributed by atoms with Crippen molar-refractivity contribution in [2.24, 2.45) is 5.92 Å². The van der Waals surface area contributed by atoms with Gasteiger partial charge in [-0.2, -0.15) is 10.4 Å². The zero-order chi connectivity index (χ0) is 24.2. The van der Waals surface area contributed by atoms with E-state index in [-0.39, 0.29) is 17.3 Å². The summed E-state index contributed by atoms with van der Waals surface area (Å²) in [6.07, 6.45) is 0.739. The number of rotatable bonds is 6. The fourth-order valence-corrected chi connectivity index (χ4v) is 4.06. The number of ether oxygens (including phenoxy) is 2. The van der Waals surface area contributed by atoms with Gasteiger partial charge in [-0.15, -0.1) is 0 Å². The second-order valence-corrected chi connectivity index (χ2v) is 7.73. The molecule has 10 heteroatoms. The number of thiocarbonyl (C=S) groups is 1. The van der Waals surface area contributed by atoms with Crippen LogP contribution in [0.1, 0.15) is 29.1 Å². The number of carbonyl (C=O) groups excluding carboxylic acids is 2. The molecule has 2 atom stereocenters. The maximum absolute atomic E-state index is 12.8. The number of nitrogens with zero attached hydrogens (tertiary/aromatic N) is 4. The summed E-state index contributed by atoms with van der Waals surface area (Å²) in [4.78, 5) is 27.4. The van der Waals surface area contributed by atoms with E-state index < -0.39 is 24.0 Å². The van der Waals surface area contributed by atoms with Crippen LogP contribution >= 0.6 is 12.2 Å². The molecule has 1 aliphatic rings. The van der Waals surface area contributed by atoms with Crippen molar-refractivity contribution in [3.63, 3.8) is 0 Å². The van der Waals surface area contributed by atoms with Gasteiger partial charge in [-0.3, -0.25) is 4.79 Å². The zero-order valence-electron chi connectivity index (χ0n) is 18.5. The van der Waals surface area contributed by atoms with Gasteiger partial charge in [0.1, 0.15) is 16.9 Å². The normalized spacial score (nSPS) is 17.6. The predicted octanol–water partition coefficient (Wildman–Crippen LogP) is 3.16. The van der Waals surface area contributed by atoms with Crippen molar-refractivity contribution in [3.8, 4) is 17.5 Å². The Bertz CT molecular complexity index is 1280. The van der Waals surface area contributed by atoms with E-state index in [2.05, 4.69) is 10.4 Å². The molecule has 0 unspecified atom stereocenters. The van der Waals surface area contributed by atoms with E-state index >= 15 is 0 Å². The first-order valence-electron chi connectivity index (χ1n) is 10.5. The molecule has 0 spiro atoms. The number of methoxy groups -OCH3 is 1. The number of benzene rings is 2. The minimum atomic E-state index is -1.17. The SMILES string of the molecule is CCOC(=O)c1nn(-c2ccccc2)cc1[C@@H]1NC(=O)[C@@H](C#N)C(=S)N1c1cccc(OC)c1. The van der Waals surface area contributed by atoms with Gasteiger partial charge < -0.3 is 19.7 Å². The van der Waals surface area contributed by atoms with Crippen molar-refractivity contribution in [1.82, 2.24) is 15.1 Å². The lowest BCUT2D eigenvalue weighted by Crippen LogP contribution is -2.56. The van der Waals surface area contributed by atoms with E-state index in [4.69, 9.17) is 21.7 Å². The van der Waals surface area contributed by atoms with Crippen molar-refractivity contribution in [3.05, 3.63) is 72.1 Å². The third-order valence-corrected chi connectivity index (χ3v) is 5.70. The molecule has 9 nitrogen and oxygen atoms in total. The molecule has 1 amide bonds. The third-order valence-electron chi connectivity index (χ3n) is 5.27. The number of para-hydroxylation sites is 1. The Hall–Kier alpha value is -4.23. The van der Waals surface area contributed by atoms with Gasteiger partial charge in [-0.25, -0.2) is 9.48 Å². The first-order valence-corrected chi connectivity index (χ1v) is 10.9. The van der Waals surface area contributed by atoms with Crippen LogP contribution in [0.25, 0.3) is 5.69 Å². The van der Waals surface area contributed by atoms with Gasteiger partial charge in [0, 0.05) is 23.5 Å². The van der Waals surface area contributed by atoms with Crippen LogP contribution in [-0.2, 0) is 9.53 Å². The number of carbonyl (C=O) groups is 2. The summed E-state index contributed by atoms with van der Waals surface area (Å²) < 4.78 is 12.1. The fourth-order valence-electron chi connectivity index (χ4n) is 3.69. The number of nitrogens with one attached hydrogen (secondary N) is 1. The molecule has 3 aromatic rings. The standard InChI is InChI=1S/C24H21N5O4S/c1-3-33-24(31)20-19(14-28(27-20)15-8-5-4-6-9-15)21-26-22(30)18(13-25)23(34)29(21)16-10-7-11-17(12-16)32-2/h4-12,14,18,21H,3H2,1-2H3,(H,26,30)/t18-,21-/m1/s1. The highest BCUT2D eigenvalue weighted by molar-refractivity contribution is 7.80. The Balaban J connectivity index is 1.89. The van der Waals surface area contributed by atoms with Gasteiger partial charge in [0.2, 0.25) is 5.91 Å². The highest BCUT2D eigenvalue weighted by Crippen LogP contribution is 2.35. The van der Waals surface area contributed by atoms with Crippen LogP contribution in [0, 0.1) is 17.2 Å². The Morgan fingerprint density at radius 1 is 1.21 bits per heavy atom. The molecule has 34 heavy (non-hydrogen) atoms. The Labute approximate surface area is 201 Å². The molecule has 0 aliphatic carbocycles. The lowest BCUT2D eigenvalue weighted by molar-refractivity contribution is -0.123. The van der Waals surface area contributed by atoms with Crippen LogP contribution in [0.4, 0.5) is 5.69 Å². The molecule has 0 bridgehead atoms. The number of hydrogen-bond acceptors (Lipinski definition) is 7. The van der Waals surface area contributed by atoms with Crippen LogP contribution < -0.4 is 15.0 Å². The van der Waals surface area contributed by atoms with Crippen molar-refractivity contribution < 1.29 is 19.1 Å². The van der Waals surface area contributed by atoms with E-state index in [1.165, 1.54) is 11.8 Å². The van der Waals surface area contributed by atoms with E-state index in [1.807, 2.05) is 36.4 Å². The van der Waals surface area contributed by atoms with Gasteiger partial charge >= 0.3 is 5.97 Å². The Morgan fingerprint density at radius 3 is 2.62 bits per heavy atom. The van der Waals surface area contributed by atoms with Crippen LogP contribution in [0.5, 0.6) is 5.75 Å². The van der Waals surface area contributed by atoms with Gasteiger partial charge in [0.05, 0.1) is 25.5 Å². The molecule has 2 aromatic carbocycles. The van der Waals surface area contributed by atoms with E-state index in [1.54, 1.807) is 42.3 Å². The quantitative estimate of drug-likeness (QED) is 0.428. The summed E-state index contributed by atoms with van der Waals surface area (Å²) in [5.41, 5.74) is 1.70. The van der Waals surface area contributed by atoms with Crippen molar-refractivity contribution in [2.75, 3.05) is 18.6 Å². The monoisotopic (exact) mass is 475 g/mol. The third kappa shape index (κ3) is 4.21. The maximum Gasteiger partial charge on any atom is 0.359 e. The highest BCUT2D eigenvalue weighted by Gasteiger charge is 2.42. The van der Waals surface area contributed by atoms with Crippen LogP contribution in [-0.4, -0.2) is 40.4 Å². The lowest BCUT2D eigenvalue weighted by atomic mass is 10.0. The molecular weight excluding hydrogens is 454 g/mol. The van der Waals surface area contributed by atoms with Crippen LogP contribution in [0.2, 0.25) is 0 Å². The second kappa shape index (κ2) is 9.72. The number of anilines is 1. The summed E-state index contributed by atoms with van der Waals surface area (Å²) in [7, 11) is 1.54. The summed E-state index contributed by atoms with van der Waals surface area (Å²) >= 11 is 5.58. The summed E-state index contributed by atoms with van der Waals surface area (Å²) in [5, 5.41) is 16.9. The zero-order valence-corrected chi connectivity index (χ0v) is 19.3. The van der Waals surface area contributed by atoms with E-state index in [9.17, 15) is 14.9 Å². The number of nitriles is 1. The summed E-state index contributed by atoms with van der Waals surface area (Å²) in [6.45, 7) is 1.85. The van der Waals surface area contributed by atoms with E-state index in [0.29, 0.717) is 22.7 Å². The number of aromatic nitrogens is 2. The first kappa shape index (κ1) is 22.9. The first-order chi connectivity index (χ1) is 16.5. The minimum absolute atomic E-state index is 0.0297. The molecule has 172 valence electrons. The maximum atomic E-state index is 12.8. The molecule has 4 rings (SSSR count). The molecule has 1 fully saturated rings. The van der Waals surface area contributed by atoms with E-state index in [0.717, 1.165) is 0 Å². The Kier molecular flexibility index (Phi) is 6.56. The number of hydrogen-bond donors (Lipinski definition) is 1. The fraction of sp³-hybridized carbons (Fsp3) is 0.208. The molecule has 0 radical (unpaired) electrons. The van der Waals surface area contributed by atoms with Crippen molar-refractivity contribution in [1.29, 1.82) is 5.26 Å². The largest absolute Gasteiger partial charge is 0.497 e. The van der Waals surface area contributed by atoms with Gasteiger partial charge in [-0.05, 0) is 31.2 Å². The van der Waals surface area contributed by atoms with Crippen LogP contribution in [0.15, 0.2) is 60.8 Å². The number of amides is 1. The molecule has 0 saturated carbocycles. The second-order valence-electron chi connectivity index (χ2n) is 7.32. The number of esters is 1. The molecule has 1 N–H and O–H groups in total. The Morgan fingerprint density at radius 2 is 1.94 bits per heavy atom. The lowest BCUT2D eigenvalue weighted by Gasteiger charge is -2.39. The predicted molar refractivity (Wildman–Crippen MR) is 128 cm³/mol. The van der Waals surface area contributed by atoms with Crippen LogP contribution in [0.3, 0.4) is 0 Å². The van der Waals surface area contributed by atoms with Gasteiger partial charge in [-0.1, -0.05) is 36.5 Å². The van der Waals surface area contributed by atoms with Gasteiger partial charge in [0.25, 0.3) is 0 Å². The highest BCUT2D eigenvalue weighted by atomic mass is 32.1. The summed E-state index contributed by atoms with van der Waals surface area (Å²) in [6, 6.07) is 18.2. The summed E-state index contributed by atoms with van der Waals surface area (Å²) in [5.74, 6) is -1.80. The minimum Gasteiger partial charge on any atom is -0.497 e. The van der Waals surface area contributed by atoms with Gasteiger partial charge in [0.15, 0.2) is 11.6 Å². The average molecular weight is 476 g/mol. The molecule has 1 aromatic heterocycles.